The van der Waals surface area contributed by atoms with Crippen LogP contribution in [0.3, 0.4) is 0 Å². The highest BCUT2D eigenvalue weighted by Crippen LogP contribution is 2.00. The second kappa shape index (κ2) is 5.18. The maximum absolute atomic E-state index is 10.3. The Morgan fingerprint density at radius 1 is 1.70 bits per heavy atom. The molecule has 58 valence electrons. The van der Waals surface area contributed by atoms with Crippen LogP contribution in [-0.2, 0) is 9.53 Å². The Hall–Kier alpha value is -0.630. The molecule has 0 aliphatic heterocycles. The number of ether oxygens (including phenoxy) is 1. The molecule has 1 atom stereocenters. The molecule has 0 saturated heterocycles. The number of carbonyl (C=O) groups excluding carboxylic acids is 1. The molecule has 1 unspecified atom stereocenters. The van der Waals surface area contributed by atoms with E-state index in [9.17, 15) is 4.79 Å². The molecule has 0 aliphatic carbocycles. The van der Waals surface area contributed by atoms with E-state index in [4.69, 9.17) is 4.74 Å². The molecule has 0 bridgehead atoms. The van der Waals surface area contributed by atoms with Crippen LogP contribution in [0.1, 0.15) is 20.3 Å². The molecule has 0 spiro atoms. The van der Waals surface area contributed by atoms with Gasteiger partial charge in [0.15, 0.2) is 0 Å². The Morgan fingerprint density at radius 2 is 2.30 bits per heavy atom. The van der Waals surface area contributed by atoms with Gasteiger partial charge in [0.25, 0.3) is 0 Å². The van der Waals surface area contributed by atoms with Gasteiger partial charge in [0.05, 0.1) is 6.10 Å². The van der Waals surface area contributed by atoms with Crippen LogP contribution >= 0.6 is 0 Å². The molecule has 0 fully saturated rings. The smallest absolute Gasteiger partial charge is 0.145 e. The zero-order valence-electron chi connectivity index (χ0n) is 6.76. The number of hydrogen-bond donors (Lipinski definition) is 0. The first-order valence-electron chi connectivity index (χ1n) is 3.43. The summed E-state index contributed by atoms with van der Waals surface area (Å²) in [5.41, 5.74) is 0.800. The number of methoxy groups -OCH3 is 1. The summed E-state index contributed by atoms with van der Waals surface area (Å²) in [4.78, 5) is 10.3. The quantitative estimate of drug-likeness (QED) is 0.440. The lowest BCUT2D eigenvalue weighted by molar-refractivity contribution is -0.105. The second-order valence-corrected chi connectivity index (χ2v) is 2.15. The average molecular weight is 142 g/mol. The molecular weight excluding hydrogens is 128 g/mol. The van der Waals surface area contributed by atoms with Crippen LogP contribution in [0.15, 0.2) is 11.6 Å². The zero-order valence-corrected chi connectivity index (χ0v) is 6.76. The van der Waals surface area contributed by atoms with Gasteiger partial charge in [-0.3, -0.25) is 4.79 Å². The third-order valence-corrected chi connectivity index (χ3v) is 1.38. The standard InChI is InChI=1S/C8H14O2/c1-4-8(6-9)5-7(2)10-3/h5-7H,4H2,1-3H3/b8-5-. The summed E-state index contributed by atoms with van der Waals surface area (Å²) in [5, 5.41) is 0. The molecule has 0 radical (unpaired) electrons. The highest BCUT2D eigenvalue weighted by atomic mass is 16.5. The minimum atomic E-state index is 0.0418. The summed E-state index contributed by atoms with van der Waals surface area (Å²) in [7, 11) is 1.62. The van der Waals surface area contributed by atoms with E-state index >= 15 is 0 Å². The predicted octanol–water partition coefficient (Wildman–Crippen LogP) is 1.56. The number of rotatable bonds is 4. The van der Waals surface area contributed by atoms with Crippen molar-refractivity contribution in [3.05, 3.63) is 11.6 Å². The first-order valence-corrected chi connectivity index (χ1v) is 3.43. The van der Waals surface area contributed by atoms with Crippen molar-refractivity contribution < 1.29 is 9.53 Å². The fourth-order valence-corrected chi connectivity index (χ4v) is 0.610. The van der Waals surface area contributed by atoms with E-state index < -0.39 is 0 Å². The summed E-state index contributed by atoms with van der Waals surface area (Å²) in [6.45, 7) is 3.85. The van der Waals surface area contributed by atoms with Crippen molar-refractivity contribution in [2.24, 2.45) is 0 Å². The Kier molecular flexibility index (Phi) is 4.85. The van der Waals surface area contributed by atoms with Crippen LogP contribution in [0, 0.1) is 0 Å². The van der Waals surface area contributed by atoms with Gasteiger partial charge in [-0.2, -0.15) is 0 Å². The molecule has 2 nitrogen and oxygen atoms in total. The normalized spacial score (nSPS) is 14.9. The van der Waals surface area contributed by atoms with Crippen LogP contribution in [0.5, 0.6) is 0 Å². The van der Waals surface area contributed by atoms with Gasteiger partial charge in [-0.1, -0.05) is 6.92 Å². The molecule has 0 saturated carbocycles. The van der Waals surface area contributed by atoms with Crippen molar-refractivity contribution in [1.82, 2.24) is 0 Å². The van der Waals surface area contributed by atoms with E-state index in [2.05, 4.69) is 0 Å². The third-order valence-electron chi connectivity index (χ3n) is 1.38. The highest BCUT2D eigenvalue weighted by Gasteiger charge is 1.95. The number of allylic oxidation sites excluding steroid dienone is 1. The number of carbonyl (C=O) groups is 1. The van der Waals surface area contributed by atoms with Crippen LogP contribution in [0.4, 0.5) is 0 Å². The van der Waals surface area contributed by atoms with Gasteiger partial charge in [0.2, 0.25) is 0 Å². The largest absolute Gasteiger partial charge is 0.378 e. The van der Waals surface area contributed by atoms with Gasteiger partial charge in [0, 0.05) is 7.11 Å². The second-order valence-electron chi connectivity index (χ2n) is 2.15. The van der Waals surface area contributed by atoms with Crippen LogP contribution < -0.4 is 0 Å². The average Bonchev–Trinajstić information content (AvgIpc) is 1.99. The summed E-state index contributed by atoms with van der Waals surface area (Å²) in [5.74, 6) is 0. The summed E-state index contributed by atoms with van der Waals surface area (Å²) in [6.07, 6.45) is 3.51. The van der Waals surface area contributed by atoms with Gasteiger partial charge in [-0.05, 0) is 25.0 Å². The van der Waals surface area contributed by atoms with Crippen molar-refractivity contribution in [2.45, 2.75) is 26.4 Å². The Balaban J connectivity index is 3.95. The predicted molar refractivity (Wildman–Crippen MR) is 40.9 cm³/mol. The first-order chi connectivity index (χ1) is 4.74. The molecule has 0 N–H and O–H groups in total. The van der Waals surface area contributed by atoms with Gasteiger partial charge in [-0.15, -0.1) is 0 Å². The minimum Gasteiger partial charge on any atom is -0.378 e. The number of hydrogen-bond acceptors (Lipinski definition) is 2. The molecule has 0 rings (SSSR count). The Morgan fingerprint density at radius 3 is 2.60 bits per heavy atom. The van der Waals surface area contributed by atoms with E-state index in [1.165, 1.54) is 0 Å². The molecule has 0 aromatic heterocycles. The maximum Gasteiger partial charge on any atom is 0.145 e. The van der Waals surface area contributed by atoms with Gasteiger partial charge >= 0.3 is 0 Å². The maximum atomic E-state index is 10.3. The fourth-order valence-electron chi connectivity index (χ4n) is 0.610. The van der Waals surface area contributed by atoms with Crippen LogP contribution in [-0.4, -0.2) is 19.5 Å². The van der Waals surface area contributed by atoms with Crippen LogP contribution in [0.25, 0.3) is 0 Å². The van der Waals surface area contributed by atoms with Crippen molar-refractivity contribution in [3.8, 4) is 0 Å². The Labute approximate surface area is 61.9 Å². The monoisotopic (exact) mass is 142 g/mol. The lowest BCUT2D eigenvalue weighted by Crippen LogP contribution is -2.01. The van der Waals surface area contributed by atoms with Crippen molar-refractivity contribution in [1.29, 1.82) is 0 Å². The first kappa shape index (κ1) is 9.37. The van der Waals surface area contributed by atoms with Crippen molar-refractivity contribution in [2.75, 3.05) is 7.11 Å². The summed E-state index contributed by atoms with van der Waals surface area (Å²) in [6, 6.07) is 0. The zero-order chi connectivity index (χ0) is 7.98. The summed E-state index contributed by atoms with van der Waals surface area (Å²) >= 11 is 0. The van der Waals surface area contributed by atoms with Crippen molar-refractivity contribution in [3.63, 3.8) is 0 Å². The topological polar surface area (TPSA) is 26.3 Å². The van der Waals surface area contributed by atoms with Gasteiger partial charge in [0.1, 0.15) is 6.29 Å². The summed E-state index contributed by atoms with van der Waals surface area (Å²) < 4.78 is 4.95. The molecular formula is C8H14O2. The highest BCUT2D eigenvalue weighted by molar-refractivity contribution is 5.73. The lowest BCUT2D eigenvalue weighted by Gasteiger charge is -2.02. The van der Waals surface area contributed by atoms with E-state index in [1.54, 1.807) is 7.11 Å². The van der Waals surface area contributed by atoms with Crippen molar-refractivity contribution >= 4 is 6.29 Å². The fraction of sp³-hybridized carbons (Fsp3) is 0.625. The third kappa shape index (κ3) is 3.41. The van der Waals surface area contributed by atoms with E-state index in [0.717, 1.165) is 18.3 Å². The molecule has 0 aliphatic rings. The SMILES string of the molecule is CC/C(C=O)=C/C(C)OC. The van der Waals surface area contributed by atoms with E-state index in [-0.39, 0.29) is 6.10 Å². The molecule has 0 heterocycles. The Bertz CT molecular complexity index is 127. The number of aldehydes is 1. The van der Waals surface area contributed by atoms with Crippen LogP contribution in [0.2, 0.25) is 0 Å². The van der Waals surface area contributed by atoms with E-state index in [0.29, 0.717) is 0 Å². The molecule has 10 heavy (non-hydrogen) atoms. The molecule has 2 heteroatoms. The van der Waals surface area contributed by atoms with Gasteiger partial charge in [-0.25, -0.2) is 0 Å². The van der Waals surface area contributed by atoms with E-state index in [1.807, 2.05) is 19.9 Å². The molecule has 0 amide bonds. The molecule has 0 aromatic rings. The minimum absolute atomic E-state index is 0.0418. The van der Waals surface area contributed by atoms with Gasteiger partial charge < -0.3 is 4.74 Å². The molecule has 0 aromatic carbocycles. The lowest BCUT2D eigenvalue weighted by atomic mass is 10.2.